The SMILES string of the molecule is c1ccc(N(c2cccc(-c3ccc4c(c3)sc3c5ccccc5sc43)c2)c2ccc3c(c2)c2ccccc2n3-c2ccccc2)cc1. The van der Waals surface area contributed by atoms with Crippen molar-refractivity contribution in [3.63, 3.8) is 0 Å². The summed E-state index contributed by atoms with van der Waals surface area (Å²) in [6.45, 7) is 0. The molecule has 10 rings (SSSR count). The van der Waals surface area contributed by atoms with Crippen molar-refractivity contribution in [3.05, 3.63) is 170 Å². The van der Waals surface area contributed by atoms with Gasteiger partial charge in [-0.25, -0.2) is 0 Å². The molecule has 0 saturated carbocycles. The molecule has 0 bridgehead atoms. The molecule has 2 nitrogen and oxygen atoms in total. The largest absolute Gasteiger partial charge is 0.310 e. The van der Waals surface area contributed by atoms with E-state index in [1.54, 1.807) is 0 Å². The first-order chi connectivity index (χ1) is 23.8. The molecular weight excluding hydrogens is 621 g/mol. The third kappa shape index (κ3) is 4.31. The summed E-state index contributed by atoms with van der Waals surface area (Å²) in [5.74, 6) is 0. The molecule has 0 aliphatic heterocycles. The van der Waals surface area contributed by atoms with Gasteiger partial charge in [-0.1, -0.05) is 97.1 Å². The van der Waals surface area contributed by atoms with Crippen LogP contribution in [0.4, 0.5) is 17.1 Å². The molecule has 0 saturated heterocycles. The lowest BCUT2D eigenvalue weighted by Gasteiger charge is -2.26. The Labute approximate surface area is 286 Å². The number of thiophene rings is 2. The second-order valence-corrected chi connectivity index (χ2v) is 14.3. The molecule has 7 aromatic carbocycles. The fraction of sp³-hybridized carbons (Fsp3) is 0. The maximum atomic E-state index is 2.38. The smallest absolute Gasteiger partial charge is 0.0542 e. The van der Waals surface area contributed by atoms with Gasteiger partial charge in [0.05, 0.1) is 20.4 Å². The molecule has 0 aliphatic rings. The summed E-state index contributed by atoms with van der Waals surface area (Å²) in [5.41, 5.74) is 9.40. The van der Waals surface area contributed by atoms with Crippen LogP contribution < -0.4 is 4.90 Å². The molecule has 4 heteroatoms. The van der Waals surface area contributed by atoms with Gasteiger partial charge < -0.3 is 9.47 Å². The predicted molar refractivity (Wildman–Crippen MR) is 209 cm³/mol. The minimum Gasteiger partial charge on any atom is -0.310 e. The average molecular weight is 649 g/mol. The van der Waals surface area contributed by atoms with Gasteiger partial charge in [-0.2, -0.15) is 0 Å². The summed E-state index contributed by atoms with van der Waals surface area (Å²) in [6, 6.07) is 61.7. The molecule has 48 heavy (non-hydrogen) atoms. The number of hydrogen-bond donors (Lipinski definition) is 0. The zero-order valence-electron chi connectivity index (χ0n) is 25.9. The highest BCUT2D eigenvalue weighted by molar-refractivity contribution is 7.36. The van der Waals surface area contributed by atoms with Crippen LogP contribution in [0.5, 0.6) is 0 Å². The normalized spacial score (nSPS) is 11.8. The van der Waals surface area contributed by atoms with E-state index in [0.29, 0.717) is 0 Å². The minimum atomic E-state index is 1.13. The number of fused-ring (bicyclic) bond motifs is 8. The van der Waals surface area contributed by atoms with Crippen LogP contribution in [0, 0.1) is 0 Å². The second-order valence-electron chi connectivity index (χ2n) is 12.2. The Hall–Kier alpha value is -5.68. The summed E-state index contributed by atoms with van der Waals surface area (Å²) in [4.78, 5) is 2.38. The Bertz CT molecular complexity index is 2790. The molecule has 0 aliphatic carbocycles. The zero-order valence-corrected chi connectivity index (χ0v) is 27.5. The predicted octanol–water partition coefficient (Wildman–Crippen LogP) is 13.5. The van der Waals surface area contributed by atoms with E-state index in [2.05, 4.69) is 179 Å². The van der Waals surface area contributed by atoms with Gasteiger partial charge in [0.15, 0.2) is 0 Å². The molecule has 0 spiro atoms. The highest BCUT2D eigenvalue weighted by atomic mass is 32.1. The van der Waals surface area contributed by atoms with Crippen molar-refractivity contribution in [2.45, 2.75) is 0 Å². The van der Waals surface area contributed by atoms with Crippen LogP contribution in [0.3, 0.4) is 0 Å². The third-order valence-electron chi connectivity index (χ3n) is 9.37. The van der Waals surface area contributed by atoms with E-state index in [9.17, 15) is 0 Å². The summed E-state index contributed by atoms with van der Waals surface area (Å²) < 4.78 is 7.87. The van der Waals surface area contributed by atoms with Crippen molar-refractivity contribution in [1.29, 1.82) is 0 Å². The molecule has 0 radical (unpaired) electrons. The molecule has 0 unspecified atom stereocenters. The molecule has 226 valence electrons. The number of rotatable bonds is 5. The number of anilines is 3. The first kappa shape index (κ1) is 27.4. The Morgan fingerprint density at radius 1 is 0.375 bits per heavy atom. The van der Waals surface area contributed by atoms with Gasteiger partial charge in [0.1, 0.15) is 0 Å². The highest BCUT2D eigenvalue weighted by Crippen LogP contribution is 2.46. The van der Waals surface area contributed by atoms with Crippen molar-refractivity contribution < 1.29 is 0 Å². The van der Waals surface area contributed by atoms with Crippen LogP contribution in [0.15, 0.2) is 170 Å². The van der Waals surface area contributed by atoms with Gasteiger partial charge in [0.2, 0.25) is 0 Å². The maximum Gasteiger partial charge on any atom is 0.0542 e. The van der Waals surface area contributed by atoms with Gasteiger partial charge in [-0.3, -0.25) is 0 Å². The van der Waals surface area contributed by atoms with E-state index in [4.69, 9.17) is 0 Å². The summed E-state index contributed by atoms with van der Waals surface area (Å²) in [5, 5.41) is 5.20. The van der Waals surface area contributed by atoms with E-state index < -0.39 is 0 Å². The van der Waals surface area contributed by atoms with E-state index in [1.165, 1.54) is 68.2 Å². The lowest BCUT2D eigenvalue weighted by Crippen LogP contribution is -2.09. The fourth-order valence-corrected chi connectivity index (χ4v) is 9.88. The van der Waals surface area contributed by atoms with Crippen LogP contribution >= 0.6 is 22.7 Å². The van der Waals surface area contributed by atoms with E-state index >= 15 is 0 Å². The first-order valence-corrected chi connectivity index (χ1v) is 17.8. The van der Waals surface area contributed by atoms with Crippen LogP contribution in [0.25, 0.3) is 68.2 Å². The lowest BCUT2D eigenvalue weighted by atomic mass is 10.0. The molecule has 3 aromatic heterocycles. The monoisotopic (exact) mass is 648 g/mol. The number of nitrogens with zero attached hydrogens (tertiary/aromatic N) is 2. The molecule has 0 atom stereocenters. The van der Waals surface area contributed by atoms with Gasteiger partial charge >= 0.3 is 0 Å². The topological polar surface area (TPSA) is 8.17 Å². The number of para-hydroxylation sites is 3. The molecule has 0 amide bonds. The third-order valence-corrected chi connectivity index (χ3v) is 11.9. The number of hydrogen-bond acceptors (Lipinski definition) is 3. The Morgan fingerprint density at radius 2 is 1.00 bits per heavy atom. The maximum absolute atomic E-state index is 2.38. The van der Waals surface area contributed by atoms with Crippen molar-refractivity contribution in [1.82, 2.24) is 4.57 Å². The summed E-state index contributed by atoms with van der Waals surface area (Å²) >= 11 is 3.82. The van der Waals surface area contributed by atoms with Gasteiger partial charge in [0.25, 0.3) is 0 Å². The summed E-state index contributed by atoms with van der Waals surface area (Å²) in [6.07, 6.45) is 0. The van der Waals surface area contributed by atoms with Crippen LogP contribution in [-0.2, 0) is 0 Å². The quantitative estimate of drug-likeness (QED) is 0.180. The van der Waals surface area contributed by atoms with E-state index in [-0.39, 0.29) is 0 Å². The number of aromatic nitrogens is 1. The van der Waals surface area contributed by atoms with Crippen LogP contribution in [0.1, 0.15) is 0 Å². The van der Waals surface area contributed by atoms with Crippen molar-refractivity contribution in [2.24, 2.45) is 0 Å². The van der Waals surface area contributed by atoms with Crippen LogP contribution in [-0.4, -0.2) is 4.57 Å². The van der Waals surface area contributed by atoms with Gasteiger partial charge in [0, 0.05) is 53.7 Å². The van der Waals surface area contributed by atoms with Gasteiger partial charge in [-0.15, -0.1) is 22.7 Å². The number of benzene rings is 7. The van der Waals surface area contributed by atoms with Crippen LogP contribution in [0.2, 0.25) is 0 Å². The standard InChI is InChI=1S/C44H28N2S2/c1-3-13-31(14-4-1)45(34-23-25-40-38(28-34)35-18-7-9-20-39(35)46(40)32-15-5-2-6-16-32)33-17-11-12-29(26-33)30-22-24-37-42(27-30)48-43-36-19-8-10-21-41(36)47-44(37)43/h1-28H. The fourth-order valence-electron chi connectivity index (χ4n) is 7.19. The van der Waals surface area contributed by atoms with Crippen molar-refractivity contribution in [3.8, 4) is 16.8 Å². The second kappa shape index (κ2) is 11.0. The molecule has 0 fully saturated rings. The van der Waals surface area contributed by atoms with E-state index in [1.807, 2.05) is 22.7 Å². The minimum absolute atomic E-state index is 1.13. The Balaban J connectivity index is 1.12. The molecule has 3 heterocycles. The van der Waals surface area contributed by atoms with Gasteiger partial charge in [-0.05, 0) is 83.9 Å². The molecule has 10 aromatic rings. The van der Waals surface area contributed by atoms with E-state index in [0.717, 1.165) is 17.1 Å². The first-order valence-electron chi connectivity index (χ1n) is 16.2. The average Bonchev–Trinajstić information content (AvgIpc) is 3.80. The Kier molecular flexibility index (Phi) is 6.26. The lowest BCUT2D eigenvalue weighted by molar-refractivity contribution is 1.18. The van der Waals surface area contributed by atoms with Crippen molar-refractivity contribution in [2.75, 3.05) is 4.90 Å². The molecular formula is C44H28N2S2. The Morgan fingerprint density at radius 3 is 1.85 bits per heavy atom. The zero-order chi connectivity index (χ0) is 31.6. The van der Waals surface area contributed by atoms with Crippen molar-refractivity contribution >= 4 is 91.1 Å². The highest BCUT2D eigenvalue weighted by Gasteiger charge is 2.18. The molecule has 0 N–H and O–H groups in total. The summed E-state index contributed by atoms with van der Waals surface area (Å²) in [7, 11) is 0.